The molecule has 2 aromatic rings. The van der Waals surface area contributed by atoms with Gasteiger partial charge in [0.1, 0.15) is 0 Å². The van der Waals surface area contributed by atoms with Crippen LogP contribution in [0.15, 0.2) is 60.7 Å². The number of piperidine rings is 2. The number of amides is 1. The van der Waals surface area contributed by atoms with Gasteiger partial charge in [-0.25, -0.2) is 0 Å². The second-order valence-corrected chi connectivity index (χ2v) is 8.68. The van der Waals surface area contributed by atoms with E-state index in [0.29, 0.717) is 12.1 Å². The van der Waals surface area contributed by atoms with Crippen LogP contribution in [0.5, 0.6) is 0 Å². The van der Waals surface area contributed by atoms with Gasteiger partial charge in [-0.1, -0.05) is 60.7 Å². The van der Waals surface area contributed by atoms with E-state index >= 15 is 0 Å². The van der Waals surface area contributed by atoms with Crippen LogP contribution in [0.1, 0.15) is 43.7 Å². The lowest BCUT2D eigenvalue weighted by Crippen LogP contribution is -2.56. The lowest BCUT2D eigenvalue weighted by atomic mass is 9.79. The molecule has 0 spiro atoms. The molecule has 6 heteroatoms. The van der Waals surface area contributed by atoms with Crippen molar-refractivity contribution in [2.75, 3.05) is 19.6 Å². The molecular weight excluding hydrogens is 429 g/mol. The van der Waals surface area contributed by atoms with Crippen molar-refractivity contribution in [1.29, 1.82) is 0 Å². The van der Waals surface area contributed by atoms with Crippen molar-refractivity contribution in [3.05, 3.63) is 71.8 Å². The number of rotatable bonds is 5. The minimum absolute atomic E-state index is 0. The Morgan fingerprint density at radius 1 is 1.03 bits per heavy atom. The Morgan fingerprint density at radius 3 is 2.26 bits per heavy atom. The maximum atomic E-state index is 12.0. The number of benzene rings is 2. The highest BCUT2D eigenvalue weighted by Crippen LogP contribution is 2.35. The first-order chi connectivity index (χ1) is 14.1. The topological polar surface area (TPSA) is 44.4 Å². The summed E-state index contributed by atoms with van der Waals surface area (Å²) in [7, 11) is 0. The Hall–Kier alpha value is -1.59. The number of likely N-dealkylation sites (tertiary alicyclic amines) is 1. The standard InChI is InChI=1S/C25H33N3O.2ClH/c1-20(29)27-25(22-10-6-3-7-11-22)13-16-28(17-14-25)24-12-15-26-23(19-24)18-21-8-4-2-5-9-21;;/h2-11,23-24,26H,12-19H2,1H3,(H,27,29);2*1H/t23-,24-;;/m1../s1. The summed E-state index contributed by atoms with van der Waals surface area (Å²) in [4.78, 5) is 14.6. The van der Waals surface area contributed by atoms with Crippen LogP contribution in [0.3, 0.4) is 0 Å². The number of hydrogen-bond donors (Lipinski definition) is 2. The van der Waals surface area contributed by atoms with Gasteiger partial charge in [0.2, 0.25) is 5.91 Å². The maximum absolute atomic E-state index is 12.0. The number of carbonyl (C=O) groups excluding carboxylic acids is 1. The number of carbonyl (C=O) groups is 1. The summed E-state index contributed by atoms with van der Waals surface area (Å²) in [6.07, 6.45) is 5.47. The van der Waals surface area contributed by atoms with Gasteiger partial charge in [0, 0.05) is 32.1 Å². The number of hydrogen-bond acceptors (Lipinski definition) is 3. The minimum atomic E-state index is -0.222. The molecule has 4 nitrogen and oxygen atoms in total. The molecule has 0 radical (unpaired) electrons. The van der Waals surface area contributed by atoms with E-state index in [-0.39, 0.29) is 36.3 Å². The SMILES string of the molecule is CC(=O)NC1(c2ccccc2)CCN([C@@H]2CCN[C@H](Cc3ccccc3)C2)CC1.Cl.Cl. The summed E-state index contributed by atoms with van der Waals surface area (Å²) >= 11 is 0. The smallest absolute Gasteiger partial charge is 0.217 e. The zero-order valence-corrected chi connectivity index (χ0v) is 19.9. The molecule has 4 rings (SSSR count). The Kier molecular flexibility index (Phi) is 9.83. The van der Waals surface area contributed by atoms with Gasteiger partial charge in [-0.2, -0.15) is 0 Å². The average Bonchev–Trinajstić information content (AvgIpc) is 2.75. The molecule has 31 heavy (non-hydrogen) atoms. The highest BCUT2D eigenvalue weighted by Gasteiger charge is 2.39. The first-order valence-electron chi connectivity index (χ1n) is 11.0. The fraction of sp³-hybridized carbons (Fsp3) is 0.480. The first-order valence-corrected chi connectivity index (χ1v) is 11.0. The summed E-state index contributed by atoms with van der Waals surface area (Å²) in [5, 5.41) is 7.02. The van der Waals surface area contributed by atoms with Crippen molar-refractivity contribution in [2.24, 2.45) is 0 Å². The third kappa shape index (κ3) is 6.45. The summed E-state index contributed by atoms with van der Waals surface area (Å²) < 4.78 is 0. The predicted octanol–water partition coefficient (Wildman–Crippen LogP) is 4.32. The highest BCUT2D eigenvalue weighted by atomic mass is 35.5. The van der Waals surface area contributed by atoms with E-state index in [9.17, 15) is 4.79 Å². The van der Waals surface area contributed by atoms with E-state index in [0.717, 1.165) is 38.9 Å². The van der Waals surface area contributed by atoms with Crippen molar-refractivity contribution in [3.63, 3.8) is 0 Å². The minimum Gasteiger partial charge on any atom is -0.347 e. The van der Waals surface area contributed by atoms with E-state index in [1.54, 1.807) is 6.92 Å². The molecule has 0 unspecified atom stereocenters. The van der Waals surface area contributed by atoms with Crippen LogP contribution in [-0.4, -0.2) is 42.5 Å². The fourth-order valence-corrected chi connectivity index (χ4v) is 5.22. The molecule has 2 heterocycles. The van der Waals surface area contributed by atoms with Gasteiger partial charge >= 0.3 is 0 Å². The van der Waals surface area contributed by atoms with Crippen LogP contribution < -0.4 is 10.6 Å². The molecule has 2 aromatic carbocycles. The van der Waals surface area contributed by atoms with Gasteiger partial charge in [0.15, 0.2) is 0 Å². The largest absolute Gasteiger partial charge is 0.347 e. The van der Waals surface area contributed by atoms with Crippen LogP contribution in [0.4, 0.5) is 0 Å². The second kappa shape index (κ2) is 11.9. The van der Waals surface area contributed by atoms with E-state index in [2.05, 4.69) is 70.1 Å². The van der Waals surface area contributed by atoms with Crippen LogP contribution >= 0.6 is 24.8 Å². The Balaban J connectivity index is 0.00000171. The number of nitrogens with zero attached hydrogens (tertiary/aromatic N) is 1. The molecule has 2 saturated heterocycles. The van der Waals surface area contributed by atoms with Crippen molar-refractivity contribution in [2.45, 2.75) is 56.7 Å². The van der Waals surface area contributed by atoms with Gasteiger partial charge in [0.05, 0.1) is 5.54 Å². The van der Waals surface area contributed by atoms with Crippen LogP contribution in [-0.2, 0) is 16.8 Å². The second-order valence-electron chi connectivity index (χ2n) is 8.68. The van der Waals surface area contributed by atoms with Crippen molar-refractivity contribution in [3.8, 4) is 0 Å². The van der Waals surface area contributed by atoms with Crippen LogP contribution in [0.25, 0.3) is 0 Å². The summed E-state index contributed by atoms with van der Waals surface area (Å²) in [6.45, 7) is 4.81. The molecule has 2 aliphatic rings. The normalized spacial score (nSPS) is 23.1. The van der Waals surface area contributed by atoms with Crippen LogP contribution in [0, 0.1) is 0 Å². The Bertz CT molecular complexity index is 795. The van der Waals surface area contributed by atoms with E-state index in [1.165, 1.54) is 24.0 Å². The highest BCUT2D eigenvalue weighted by molar-refractivity contribution is 5.85. The molecule has 2 fully saturated rings. The molecule has 2 aliphatic heterocycles. The monoisotopic (exact) mass is 463 g/mol. The van der Waals surface area contributed by atoms with Crippen molar-refractivity contribution in [1.82, 2.24) is 15.5 Å². The maximum Gasteiger partial charge on any atom is 0.217 e. The van der Waals surface area contributed by atoms with E-state index in [4.69, 9.17) is 0 Å². The van der Waals surface area contributed by atoms with Gasteiger partial charge in [-0.3, -0.25) is 4.79 Å². The van der Waals surface area contributed by atoms with E-state index in [1.807, 2.05) is 6.07 Å². The molecule has 0 bridgehead atoms. The predicted molar refractivity (Wildman–Crippen MR) is 132 cm³/mol. The average molecular weight is 464 g/mol. The number of halogens is 2. The van der Waals surface area contributed by atoms with Gasteiger partial charge in [0.25, 0.3) is 0 Å². The van der Waals surface area contributed by atoms with Gasteiger partial charge in [-0.05, 0) is 49.8 Å². The third-order valence-corrected chi connectivity index (χ3v) is 6.70. The fourth-order valence-electron chi connectivity index (χ4n) is 5.22. The lowest BCUT2D eigenvalue weighted by molar-refractivity contribution is -0.121. The molecule has 1 amide bonds. The van der Waals surface area contributed by atoms with Gasteiger partial charge < -0.3 is 15.5 Å². The summed E-state index contributed by atoms with van der Waals surface area (Å²) in [5.74, 6) is 0.0621. The molecule has 2 atom stereocenters. The third-order valence-electron chi connectivity index (χ3n) is 6.70. The van der Waals surface area contributed by atoms with Gasteiger partial charge in [-0.15, -0.1) is 24.8 Å². The lowest BCUT2D eigenvalue weighted by Gasteiger charge is -2.47. The summed E-state index contributed by atoms with van der Waals surface area (Å²) in [6, 6.07) is 22.5. The van der Waals surface area contributed by atoms with Crippen LogP contribution in [0.2, 0.25) is 0 Å². The molecule has 170 valence electrons. The molecule has 0 saturated carbocycles. The van der Waals surface area contributed by atoms with Crippen molar-refractivity contribution >= 4 is 30.7 Å². The zero-order valence-electron chi connectivity index (χ0n) is 18.3. The quantitative estimate of drug-likeness (QED) is 0.693. The molecule has 0 aliphatic carbocycles. The number of nitrogens with one attached hydrogen (secondary N) is 2. The van der Waals surface area contributed by atoms with E-state index < -0.39 is 0 Å². The zero-order chi connectivity index (χ0) is 20.1. The molecule has 2 N–H and O–H groups in total. The Labute approximate surface area is 199 Å². The molecule has 0 aromatic heterocycles. The first kappa shape index (κ1) is 25.7. The molecular formula is C25H35Cl2N3O. The Morgan fingerprint density at radius 2 is 1.65 bits per heavy atom. The van der Waals surface area contributed by atoms with Crippen molar-refractivity contribution < 1.29 is 4.79 Å². The summed E-state index contributed by atoms with van der Waals surface area (Å²) in [5.41, 5.74) is 2.43.